The summed E-state index contributed by atoms with van der Waals surface area (Å²) in [5, 5.41) is 10.8. The lowest BCUT2D eigenvalue weighted by Crippen LogP contribution is -2.50. The van der Waals surface area contributed by atoms with Crippen LogP contribution in [-0.4, -0.2) is 34.0 Å². The molecular weight excluding hydrogens is 470 g/mol. The first-order valence-electron chi connectivity index (χ1n) is 10.6. The highest BCUT2D eigenvalue weighted by molar-refractivity contribution is 7.87. The third-order valence-corrected chi connectivity index (χ3v) is 9.49. The van der Waals surface area contributed by atoms with Crippen LogP contribution >= 0.6 is 0 Å². The van der Waals surface area contributed by atoms with Crippen LogP contribution in [0, 0.1) is 22.5 Å². The Morgan fingerprint density at radius 1 is 0.818 bits per heavy atom. The van der Waals surface area contributed by atoms with E-state index in [9.17, 15) is 26.9 Å². The van der Waals surface area contributed by atoms with E-state index in [4.69, 9.17) is 8.37 Å². The zero-order chi connectivity index (χ0) is 23.9. The van der Waals surface area contributed by atoms with Crippen LogP contribution in [0.5, 0.6) is 0 Å². The molecule has 3 saturated carbocycles. The molecule has 11 heteroatoms. The van der Waals surface area contributed by atoms with Crippen molar-refractivity contribution in [3.8, 4) is 0 Å². The highest BCUT2D eigenvalue weighted by atomic mass is 32.2. The summed E-state index contributed by atoms with van der Waals surface area (Å²) in [6.07, 6.45) is 3.16. The number of benzene rings is 2. The van der Waals surface area contributed by atoms with Crippen molar-refractivity contribution in [2.24, 2.45) is 5.41 Å². The lowest BCUT2D eigenvalue weighted by atomic mass is 9.59. The van der Waals surface area contributed by atoms with Crippen molar-refractivity contribution in [3.63, 3.8) is 0 Å². The summed E-state index contributed by atoms with van der Waals surface area (Å²) in [6, 6.07) is 11.1. The van der Waals surface area contributed by atoms with Crippen molar-refractivity contribution in [1.82, 2.24) is 0 Å². The highest BCUT2D eigenvalue weighted by Crippen LogP contribution is 2.55. The van der Waals surface area contributed by atoms with Gasteiger partial charge in [-0.15, -0.1) is 0 Å². The van der Waals surface area contributed by atoms with Crippen LogP contribution in [0.2, 0.25) is 0 Å². The van der Waals surface area contributed by atoms with E-state index in [1.165, 1.54) is 24.3 Å². The van der Waals surface area contributed by atoms with Crippen molar-refractivity contribution < 1.29 is 30.1 Å². The Hall–Kier alpha value is -2.34. The molecule has 33 heavy (non-hydrogen) atoms. The molecule has 0 radical (unpaired) electrons. The molecule has 0 saturated heterocycles. The number of nitro groups is 1. The van der Waals surface area contributed by atoms with Crippen molar-refractivity contribution in [2.75, 3.05) is 6.61 Å². The van der Waals surface area contributed by atoms with Gasteiger partial charge in [0.2, 0.25) is 0 Å². The first-order valence-corrected chi connectivity index (χ1v) is 13.4. The van der Waals surface area contributed by atoms with Crippen LogP contribution in [0.1, 0.15) is 44.1 Å². The number of nitrogens with zero attached hydrogens (tertiary/aromatic N) is 1. The molecule has 2 aromatic rings. The number of hydrogen-bond donors (Lipinski definition) is 0. The fourth-order valence-electron chi connectivity index (χ4n) is 4.56. The minimum absolute atomic E-state index is 0.0500. The first-order chi connectivity index (χ1) is 15.4. The standard InChI is InChI=1S/C22H25NO8S2/c1-17-2-6-19(7-3-17)32(26,27)30-16-21-10-13-22(14-11-21,15-12-21)31-33(28,29)20-8-4-18(5-9-20)23(24)25/h2-9H,10-16H2,1H3. The van der Waals surface area contributed by atoms with Gasteiger partial charge in [-0.2, -0.15) is 16.8 Å². The average molecular weight is 496 g/mol. The van der Waals surface area contributed by atoms with Crippen molar-refractivity contribution in [3.05, 3.63) is 64.2 Å². The Morgan fingerprint density at radius 2 is 1.30 bits per heavy atom. The second-order valence-electron chi connectivity index (χ2n) is 9.00. The molecule has 0 atom stereocenters. The zero-order valence-electron chi connectivity index (χ0n) is 18.1. The summed E-state index contributed by atoms with van der Waals surface area (Å²) in [7, 11) is -7.97. The molecule has 2 aromatic carbocycles. The zero-order valence-corrected chi connectivity index (χ0v) is 19.7. The summed E-state index contributed by atoms with van der Waals surface area (Å²) in [5.41, 5.74) is -0.432. The summed E-state index contributed by atoms with van der Waals surface area (Å²) < 4.78 is 61.8. The van der Waals surface area contributed by atoms with Crippen LogP contribution in [0.3, 0.4) is 0 Å². The number of aryl methyl sites for hydroxylation is 1. The molecule has 0 unspecified atom stereocenters. The molecule has 0 spiro atoms. The maximum atomic E-state index is 12.8. The quantitative estimate of drug-likeness (QED) is 0.304. The van der Waals surface area contributed by atoms with Crippen molar-refractivity contribution in [1.29, 1.82) is 0 Å². The Bertz CT molecular complexity index is 1230. The first kappa shape index (κ1) is 23.8. The average Bonchev–Trinajstić information content (AvgIpc) is 2.79. The molecule has 0 N–H and O–H groups in total. The minimum atomic E-state index is -4.09. The van der Waals surface area contributed by atoms with Crippen LogP contribution in [0.4, 0.5) is 5.69 Å². The van der Waals surface area contributed by atoms with E-state index in [1.54, 1.807) is 12.1 Å². The number of non-ortho nitro benzene ring substituents is 1. The maximum absolute atomic E-state index is 12.8. The molecule has 3 aliphatic rings. The van der Waals surface area contributed by atoms with Gasteiger partial charge >= 0.3 is 0 Å². The lowest BCUT2D eigenvalue weighted by molar-refractivity contribution is -0.384. The predicted molar refractivity (Wildman–Crippen MR) is 119 cm³/mol. The Balaban J connectivity index is 1.40. The molecule has 3 aliphatic carbocycles. The number of hydrogen-bond acceptors (Lipinski definition) is 8. The number of fused-ring (bicyclic) bond motifs is 3. The number of nitro benzene ring substituents is 1. The largest absolute Gasteiger partial charge is 0.297 e. The fourth-order valence-corrected chi connectivity index (χ4v) is 6.85. The highest BCUT2D eigenvalue weighted by Gasteiger charge is 2.52. The normalized spacial score (nSPS) is 25.1. The van der Waals surface area contributed by atoms with Crippen molar-refractivity contribution >= 4 is 25.9 Å². The Labute approximate surface area is 193 Å². The molecular formula is C22H25NO8S2. The van der Waals surface area contributed by atoms with E-state index in [1.807, 2.05) is 6.92 Å². The molecule has 0 heterocycles. The molecule has 3 fully saturated rings. The van der Waals surface area contributed by atoms with Gasteiger partial charge in [0.25, 0.3) is 25.9 Å². The lowest BCUT2D eigenvalue weighted by Gasteiger charge is -2.52. The van der Waals surface area contributed by atoms with E-state index in [0.29, 0.717) is 38.5 Å². The topological polar surface area (TPSA) is 130 Å². The molecule has 9 nitrogen and oxygen atoms in total. The van der Waals surface area contributed by atoms with E-state index in [-0.39, 0.29) is 27.5 Å². The van der Waals surface area contributed by atoms with Crippen LogP contribution in [0.25, 0.3) is 0 Å². The summed E-state index contributed by atoms with van der Waals surface area (Å²) >= 11 is 0. The molecule has 0 aliphatic heterocycles. The monoisotopic (exact) mass is 495 g/mol. The van der Waals surface area contributed by atoms with Gasteiger partial charge in [0, 0.05) is 12.1 Å². The molecule has 178 valence electrons. The third-order valence-electron chi connectivity index (χ3n) is 6.79. The van der Waals surface area contributed by atoms with Crippen LogP contribution in [-0.2, 0) is 28.6 Å². The van der Waals surface area contributed by atoms with Gasteiger partial charge in [-0.25, -0.2) is 0 Å². The molecule has 2 bridgehead atoms. The van der Waals surface area contributed by atoms with E-state index in [2.05, 4.69) is 0 Å². The van der Waals surface area contributed by atoms with Crippen molar-refractivity contribution in [2.45, 2.75) is 60.8 Å². The Kier molecular flexibility index (Phi) is 6.10. The van der Waals surface area contributed by atoms with Gasteiger partial charge in [0.15, 0.2) is 0 Å². The van der Waals surface area contributed by atoms with E-state index < -0.39 is 30.8 Å². The van der Waals surface area contributed by atoms with Gasteiger partial charge in [-0.1, -0.05) is 17.7 Å². The predicted octanol–water partition coefficient (Wildman–Crippen LogP) is 4.11. The second kappa shape index (κ2) is 8.46. The number of rotatable bonds is 8. The summed E-state index contributed by atoms with van der Waals surface area (Å²) in [4.78, 5) is 10.2. The van der Waals surface area contributed by atoms with Crippen LogP contribution < -0.4 is 0 Å². The molecule has 0 aromatic heterocycles. The third kappa shape index (κ3) is 4.96. The Morgan fingerprint density at radius 3 is 1.82 bits per heavy atom. The minimum Gasteiger partial charge on any atom is -0.266 e. The smallest absolute Gasteiger partial charge is 0.266 e. The fraction of sp³-hybridized carbons (Fsp3) is 0.455. The molecule has 5 rings (SSSR count). The molecule has 0 amide bonds. The van der Waals surface area contributed by atoms with Gasteiger partial charge in [-0.3, -0.25) is 18.5 Å². The van der Waals surface area contributed by atoms with E-state index >= 15 is 0 Å². The summed E-state index contributed by atoms with van der Waals surface area (Å²) in [5.74, 6) is 0. The van der Waals surface area contributed by atoms with Gasteiger partial charge in [0.05, 0.1) is 26.9 Å². The van der Waals surface area contributed by atoms with E-state index in [0.717, 1.165) is 17.7 Å². The van der Waals surface area contributed by atoms with Gasteiger partial charge < -0.3 is 0 Å². The second-order valence-corrected chi connectivity index (χ2v) is 12.2. The summed E-state index contributed by atoms with van der Waals surface area (Å²) in [6.45, 7) is 1.92. The van der Waals surface area contributed by atoms with Crippen LogP contribution in [0.15, 0.2) is 58.3 Å². The van der Waals surface area contributed by atoms with Gasteiger partial charge in [-0.05, 0) is 75.1 Å². The van der Waals surface area contributed by atoms with Gasteiger partial charge in [0.1, 0.15) is 0 Å². The SMILES string of the molecule is Cc1ccc(S(=O)(=O)OCC23CCC(OS(=O)(=O)c4ccc([N+](=O)[O-])cc4)(CC2)CC3)cc1. The maximum Gasteiger partial charge on any atom is 0.297 e.